The summed E-state index contributed by atoms with van der Waals surface area (Å²) in [6, 6.07) is 5.25. The van der Waals surface area contributed by atoms with E-state index >= 15 is 0 Å². The fourth-order valence-electron chi connectivity index (χ4n) is 1.49. The van der Waals surface area contributed by atoms with E-state index in [1.807, 2.05) is 6.92 Å². The standard InChI is InChI=1S/C13H12ClIN4O/c1-2-16-12-7-17-11(6-18-12)13(20)19-10-4-3-8(14)5-9(10)15/h3-7H,2H2,1H3,(H,16,18)(H,19,20). The summed E-state index contributed by atoms with van der Waals surface area (Å²) < 4.78 is 0.862. The number of nitrogens with zero attached hydrogens (tertiary/aromatic N) is 2. The molecule has 5 nitrogen and oxygen atoms in total. The van der Waals surface area contributed by atoms with E-state index in [-0.39, 0.29) is 11.6 Å². The number of carbonyl (C=O) groups is 1. The zero-order valence-corrected chi connectivity index (χ0v) is 13.6. The van der Waals surface area contributed by atoms with Gasteiger partial charge in [0.25, 0.3) is 5.91 Å². The van der Waals surface area contributed by atoms with Gasteiger partial charge in [-0.15, -0.1) is 0 Å². The summed E-state index contributed by atoms with van der Waals surface area (Å²) in [4.78, 5) is 20.2. The number of carbonyl (C=O) groups excluding carboxylic acids is 1. The van der Waals surface area contributed by atoms with E-state index in [1.54, 1.807) is 18.2 Å². The van der Waals surface area contributed by atoms with Gasteiger partial charge in [0.1, 0.15) is 11.5 Å². The second-order valence-corrected chi connectivity index (χ2v) is 5.49. The molecule has 0 aliphatic rings. The quantitative estimate of drug-likeness (QED) is 0.769. The fraction of sp³-hybridized carbons (Fsp3) is 0.154. The molecule has 0 saturated carbocycles. The summed E-state index contributed by atoms with van der Waals surface area (Å²) in [5, 5.41) is 6.42. The predicted molar refractivity (Wildman–Crippen MR) is 88.3 cm³/mol. The normalized spacial score (nSPS) is 10.2. The van der Waals surface area contributed by atoms with Crippen molar-refractivity contribution in [3.8, 4) is 0 Å². The van der Waals surface area contributed by atoms with Crippen LogP contribution in [0.15, 0.2) is 30.6 Å². The third kappa shape index (κ3) is 3.80. The van der Waals surface area contributed by atoms with E-state index in [9.17, 15) is 4.79 Å². The van der Waals surface area contributed by atoms with E-state index in [0.29, 0.717) is 16.5 Å². The lowest BCUT2D eigenvalue weighted by Crippen LogP contribution is -2.15. The molecule has 0 saturated heterocycles. The van der Waals surface area contributed by atoms with Crippen LogP contribution < -0.4 is 10.6 Å². The minimum atomic E-state index is -0.305. The van der Waals surface area contributed by atoms with Crippen LogP contribution in [-0.4, -0.2) is 22.4 Å². The van der Waals surface area contributed by atoms with Gasteiger partial charge in [0.2, 0.25) is 0 Å². The van der Waals surface area contributed by atoms with Gasteiger partial charge in [-0.05, 0) is 47.7 Å². The molecular weight excluding hydrogens is 391 g/mol. The highest BCUT2D eigenvalue weighted by Crippen LogP contribution is 2.22. The molecule has 0 fully saturated rings. The van der Waals surface area contributed by atoms with Gasteiger partial charge in [-0.25, -0.2) is 9.97 Å². The zero-order valence-electron chi connectivity index (χ0n) is 10.7. The minimum Gasteiger partial charge on any atom is -0.369 e. The second kappa shape index (κ2) is 6.85. The van der Waals surface area contributed by atoms with Crippen molar-refractivity contribution in [3.05, 3.63) is 44.9 Å². The van der Waals surface area contributed by atoms with Gasteiger partial charge in [0.15, 0.2) is 0 Å². The summed E-state index contributed by atoms with van der Waals surface area (Å²) in [6.45, 7) is 2.72. The summed E-state index contributed by atoms with van der Waals surface area (Å²) in [5.41, 5.74) is 0.954. The number of aromatic nitrogens is 2. The van der Waals surface area contributed by atoms with Crippen LogP contribution in [0.5, 0.6) is 0 Å². The van der Waals surface area contributed by atoms with Gasteiger partial charge in [-0.1, -0.05) is 11.6 Å². The van der Waals surface area contributed by atoms with Crippen LogP contribution in [0.1, 0.15) is 17.4 Å². The maximum atomic E-state index is 12.1. The molecule has 1 aromatic carbocycles. The fourth-order valence-corrected chi connectivity index (χ4v) is 2.50. The molecule has 2 N–H and O–H groups in total. The maximum absolute atomic E-state index is 12.1. The van der Waals surface area contributed by atoms with Gasteiger partial charge in [0, 0.05) is 15.1 Å². The Kier molecular flexibility index (Phi) is 5.13. The molecule has 104 valence electrons. The van der Waals surface area contributed by atoms with E-state index in [4.69, 9.17) is 11.6 Å². The van der Waals surface area contributed by atoms with E-state index < -0.39 is 0 Å². The van der Waals surface area contributed by atoms with Crippen molar-refractivity contribution in [2.24, 2.45) is 0 Å². The van der Waals surface area contributed by atoms with Crippen LogP contribution in [-0.2, 0) is 0 Å². The number of rotatable bonds is 4. The molecule has 2 aromatic rings. The summed E-state index contributed by atoms with van der Waals surface area (Å²) in [7, 11) is 0. The van der Waals surface area contributed by atoms with Gasteiger partial charge >= 0.3 is 0 Å². The van der Waals surface area contributed by atoms with Gasteiger partial charge in [0.05, 0.1) is 18.1 Å². The molecule has 1 amide bonds. The maximum Gasteiger partial charge on any atom is 0.275 e. The van der Waals surface area contributed by atoms with Crippen molar-refractivity contribution in [2.45, 2.75) is 6.92 Å². The van der Waals surface area contributed by atoms with Gasteiger partial charge in [-0.2, -0.15) is 0 Å². The van der Waals surface area contributed by atoms with Crippen LogP contribution in [0.3, 0.4) is 0 Å². The number of hydrogen-bond donors (Lipinski definition) is 2. The molecule has 0 atom stereocenters. The van der Waals surface area contributed by atoms with E-state index in [2.05, 4.69) is 43.2 Å². The Labute approximate surface area is 135 Å². The Bertz CT molecular complexity index is 618. The minimum absolute atomic E-state index is 0.261. The van der Waals surface area contributed by atoms with Gasteiger partial charge < -0.3 is 10.6 Å². The van der Waals surface area contributed by atoms with Crippen LogP contribution in [0.2, 0.25) is 5.02 Å². The molecule has 0 radical (unpaired) electrons. The molecule has 0 bridgehead atoms. The Morgan fingerprint density at radius 3 is 2.75 bits per heavy atom. The average molecular weight is 403 g/mol. The molecule has 1 aromatic heterocycles. The van der Waals surface area contributed by atoms with Crippen LogP contribution in [0.4, 0.5) is 11.5 Å². The van der Waals surface area contributed by atoms with Crippen molar-refractivity contribution in [3.63, 3.8) is 0 Å². The molecular formula is C13H12ClIN4O. The molecule has 0 spiro atoms. The monoisotopic (exact) mass is 402 g/mol. The van der Waals surface area contributed by atoms with Crippen LogP contribution in [0.25, 0.3) is 0 Å². The highest BCUT2D eigenvalue weighted by Gasteiger charge is 2.10. The first-order valence-corrected chi connectivity index (χ1v) is 7.38. The summed E-state index contributed by atoms with van der Waals surface area (Å²) >= 11 is 7.98. The Balaban J connectivity index is 2.11. The van der Waals surface area contributed by atoms with Gasteiger partial charge in [-0.3, -0.25) is 4.79 Å². The number of amides is 1. The highest BCUT2D eigenvalue weighted by molar-refractivity contribution is 14.1. The topological polar surface area (TPSA) is 66.9 Å². The second-order valence-electron chi connectivity index (χ2n) is 3.90. The predicted octanol–water partition coefficient (Wildman–Crippen LogP) is 3.42. The number of halogens is 2. The Morgan fingerprint density at radius 2 is 2.15 bits per heavy atom. The average Bonchev–Trinajstić information content (AvgIpc) is 2.43. The molecule has 0 unspecified atom stereocenters. The highest BCUT2D eigenvalue weighted by atomic mass is 127. The van der Waals surface area contributed by atoms with Crippen molar-refractivity contribution in [2.75, 3.05) is 17.2 Å². The Hall–Kier alpha value is -1.41. The summed E-state index contributed by atoms with van der Waals surface area (Å²) in [5.74, 6) is 0.339. The molecule has 1 heterocycles. The van der Waals surface area contributed by atoms with E-state index in [1.165, 1.54) is 12.4 Å². The lowest BCUT2D eigenvalue weighted by Gasteiger charge is -2.07. The lowest BCUT2D eigenvalue weighted by atomic mass is 10.3. The van der Waals surface area contributed by atoms with Crippen molar-refractivity contribution >= 4 is 51.6 Å². The smallest absolute Gasteiger partial charge is 0.275 e. The SMILES string of the molecule is CCNc1cnc(C(=O)Nc2ccc(Cl)cc2I)cn1. The van der Waals surface area contributed by atoms with E-state index in [0.717, 1.165) is 10.1 Å². The zero-order chi connectivity index (χ0) is 14.5. The number of nitrogens with one attached hydrogen (secondary N) is 2. The molecule has 0 aliphatic heterocycles. The van der Waals surface area contributed by atoms with Crippen molar-refractivity contribution < 1.29 is 4.79 Å². The number of hydrogen-bond acceptors (Lipinski definition) is 4. The third-order valence-corrected chi connectivity index (χ3v) is 3.55. The first kappa shape index (κ1) is 15.0. The molecule has 2 rings (SSSR count). The van der Waals surface area contributed by atoms with Crippen molar-refractivity contribution in [1.82, 2.24) is 9.97 Å². The largest absolute Gasteiger partial charge is 0.369 e. The summed E-state index contributed by atoms with van der Waals surface area (Å²) in [6.07, 6.45) is 2.97. The first-order valence-electron chi connectivity index (χ1n) is 5.92. The number of benzene rings is 1. The lowest BCUT2D eigenvalue weighted by molar-refractivity contribution is 0.102. The van der Waals surface area contributed by atoms with Crippen LogP contribution in [0, 0.1) is 3.57 Å². The Morgan fingerprint density at radius 1 is 1.35 bits per heavy atom. The third-order valence-electron chi connectivity index (χ3n) is 2.42. The number of anilines is 2. The van der Waals surface area contributed by atoms with Crippen LogP contribution >= 0.6 is 34.2 Å². The molecule has 0 aliphatic carbocycles. The molecule has 7 heteroatoms. The molecule has 20 heavy (non-hydrogen) atoms. The first-order chi connectivity index (χ1) is 9.60. The van der Waals surface area contributed by atoms with Crippen molar-refractivity contribution in [1.29, 1.82) is 0 Å².